The van der Waals surface area contributed by atoms with E-state index in [9.17, 15) is 4.79 Å². The molecule has 7 nitrogen and oxygen atoms in total. The SMILES string of the molecule is O=c1cc2c(nn1C1COCC1Nc1cc3c(nn1)CCCC3)CCCC2. The van der Waals surface area contributed by atoms with Crippen molar-refractivity contribution >= 4 is 5.82 Å². The van der Waals surface area contributed by atoms with Gasteiger partial charge in [0.15, 0.2) is 0 Å². The lowest BCUT2D eigenvalue weighted by Gasteiger charge is -2.23. The normalized spacial score (nSPS) is 24.3. The van der Waals surface area contributed by atoms with Crippen LogP contribution in [-0.4, -0.2) is 39.2 Å². The molecule has 1 fully saturated rings. The minimum Gasteiger partial charge on any atom is -0.377 e. The molecule has 142 valence electrons. The summed E-state index contributed by atoms with van der Waals surface area (Å²) >= 11 is 0. The van der Waals surface area contributed by atoms with Crippen molar-refractivity contribution in [3.63, 3.8) is 0 Å². The highest BCUT2D eigenvalue weighted by Crippen LogP contribution is 2.25. The number of aromatic nitrogens is 4. The number of hydrogen-bond donors (Lipinski definition) is 1. The Balaban J connectivity index is 1.40. The summed E-state index contributed by atoms with van der Waals surface area (Å²) in [5.41, 5.74) is 4.57. The highest BCUT2D eigenvalue weighted by atomic mass is 16.5. The average Bonchev–Trinajstić information content (AvgIpc) is 3.15. The van der Waals surface area contributed by atoms with E-state index in [1.807, 2.05) is 0 Å². The Morgan fingerprint density at radius 2 is 1.67 bits per heavy atom. The minimum absolute atomic E-state index is 0.0329. The number of nitrogens with zero attached hydrogens (tertiary/aromatic N) is 4. The average molecular weight is 367 g/mol. The molecule has 7 heteroatoms. The maximum Gasteiger partial charge on any atom is 0.267 e. The third kappa shape index (κ3) is 3.25. The highest BCUT2D eigenvalue weighted by molar-refractivity contribution is 5.40. The van der Waals surface area contributed by atoms with Gasteiger partial charge in [0.05, 0.1) is 30.6 Å². The van der Waals surface area contributed by atoms with E-state index in [-0.39, 0.29) is 17.6 Å². The Morgan fingerprint density at radius 1 is 0.926 bits per heavy atom. The van der Waals surface area contributed by atoms with E-state index in [0.717, 1.165) is 61.3 Å². The van der Waals surface area contributed by atoms with Gasteiger partial charge in [-0.05, 0) is 68.6 Å². The summed E-state index contributed by atoms with van der Waals surface area (Å²) in [5.74, 6) is 0.766. The maximum absolute atomic E-state index is 12.7. The Hall–Kier alpha value is -2.28. The van der Waals surface area contributed by atoms with Crippen LogP contribution in [0.2, 0.25) is 0 Å². The standard InChI is InChI=1S/C20H25N5O2/c26-20-10-14-6-2-4-8-16(14)24-25(20)18-12-27-11-17(18)21-19-9-13-5-1-3-7-15(13)22-23-19/h9-10,17-18H,1-8,11-12H2,(H,21,23). The smallest absolute Gasteiger partial charge is 0.267 e. The third-order valence-corrected chi connectivity index (χ3v) is 6.00. The summed E-state index contributed by atoms with van der Waals surface area (Å²) in [6.07, 6.45) is 8.70. The Kier molecular flexibility index (Phi) is 4.39. The fourth-order valence-electron chi connectivity index (χ4n) is 4.49. The second kappa shape index (κ2) is 7.03. The first-order valence-electron chi connectivity index (χ1n) is 10.1. The Bertz CT molecular complexity index is 910. The van der Waals surface area contributed by atoms with Gasteiger partial charge in [0.25, 0.3) is 5.56 Å². The summed E-state index contributed by atoms with van der Waals surface area (Å²) < 4.78 is 7.32. The van der Waals surface area contributed by atoms with E-state index in [1.165, 1.54) is 18.4 Å². The van der Waals surface area contributed by atoms with Crippen LogP contribution in [0.5, 0.6) is 0 Å². The van der Waals surface area contributed by atoms with Crippen LogP contribution in [0.25, 0.3) is 0 Å². The second-order valence-electron chi connectivity index (χ2n) is 7.87. The molecule has 2 atom stereocenters. The summed E-state index contributed by atoms with van der Waals surface area (Å²) in [6.45, 7) is 1.02. The fourth-order valence-corrected chi connectivity index (χ4v) is 4.49. The molecule has 1 N–H and O–H groups in total. The third-order valence-electron chi connectivity index (χ3n) is 6.00. The van der Waals surface area contributed by atoms with E-state index < -0.39 is 0 Å². The lowest BCUT2D eigenvalue weighted by Crippen LogP contribution is -2.38. The van der Waals surface area contributed by atoms with Gasteiger partial charge in [-0.2, -0.15) is 10.2 Å². The molecule has 3 heterocycles. The summed E-state index contributed by atoms with van der Waals surface area (Å²) in [6, 6.07) is 3.73. The van der Waals surface area contributed by atoms with Gasteiger partial charge in [0.1, 0.15) is 11.9 Å². The zero-order valence-electron chi connectivity index (χ0n) is 15.5. The molecule has 0 spiro atoms. The predicted molar refractivity (Wildman–Crippen MR) is 101 cm³/mol. The zero-order valence-corrected chi connectivity index (χ0v) is 15.5. The lowest BCUT2D eigenvalue weighted by molar-refractivity contribution is 0.182. The maximum atomic E-state index is 12.7. The van der Waals surface area contributed by atoms with Crippen LogP contribution in [-0.2, 0) is 30.4 Å². The molecule has 0 aromatic carbocycles. The molecule has 0 saturated carbocycles. The number of fused-ring (bicyclic) bond motifs is 2. The van der Waals surface area contributed by atoms with Crippen molar-refractivity contribution < 1.29 is 4.74 Å². The quantitative estimate of drug-likeness (QED) is 0.891. The zero-order chi connectivity index (χ0) is 18.2. The van der Waals surface area contributed by atoms with E-state index in [0.29, 0.717) is 13.2 Å². The van der Waals surface area contributed by atoms with Crippen molar-refractivity contribution in [2.24, 2.45) is 0 Å². The van der Waals surface area contributed by atoms with E-state index in [1.54, 1.807) is 10.7 Å². The van der Waals surface area contributed by atoms with Crippen LogP contribution in [0, 0.1) is 0 Å². The molecule has 27 heavy (non-hydrogen) atoms. The molecule has 0 bridgehead atoms. The number of anilines is 1. The second-order valence-corrected chi connectivity index (χ2v) is 7.87. The van der Waals surface area contributed by atoms with Gasteiger partial charge in [-0.1, -0.05) is 0 Å². The fraction of sp³-hybridized carbons (Fsp3) is 0.600. The lowest BCUT2D eigenvalue weighted by atomic mass is 9.96. The molecule has 2 aliphatic carbocycles. The first kappa shape index (κ1) is 16.9. The van der Waals surface area contributed by atoms with Gasteiger partial charge in [0, 0.05) is 6.07 Å². The van der Waals surface area contributed by atoms with Gasteiger partial charge in [-0.3, -0.25) is 4.79 Å². The molecule has 2 unspecified atom stereocenters. The topological polar surface area (TPSA) is 81.9 Å². The molecule has 2 aromatic rings. The summed E-state index contributed by atoms with van der Waals surface area (Å²) in [4.78, 5) is 12.7. The highest BCUT2D eigenvalue weighted by Gasteiger charge is 2.32. The minimum atomic E-state index is -0.123. The summed E-state index contributed by atoms with van der Waals surface area (Å²) in [5, 5.41) is 16.9. The van der Waals surface area contributed by atoms with Crippen LogP contribution in [0.15, 0.2) is 16.9 Å². The number of ether oxygens (including phenoxy) is 1. The molecule has 1 saturated heterocycles. The van der Waals surface area contributed by atoms with Crippen LogP contribution in [0.1, 0.15) is 54.2 Å². The van der Waals surface area contributed by atoms with Crippen LogP contribution in [0.4, 0.5) is 5.82 Å². The number of rotatable bonds is 3. The number of aryl methyl sites for hydroxylation is 4. The van der Waals surface area contributed by atoms with Crippen molar-refractivity contribution in [3.8, 4) is 0 Å². The van der Waals surface area contributed by atoms with E-state index >= 15 is 0 Å². The number of hydrogen-bond acceptors (Lipinski definition) is 6. The van der Waals surface area contributed by atoms with Gasteiger partial charge in [0.2, 0.25) is 0 Å². The molecule has 2 aromatic heterocycles. The van der Waals surface area contributed by atoms with Crippen molar-refractivity contribution in [1.29, 1.82) is 0 Å². The van der Waals surface area contributed by atoms with Gasteiger partial charge >= 0.3 is 0 Å². The first-order valence-corrected chi connectivity index (χ1v) is 10.1. The Morgan fingerprint density at radius 3 is 2.52 bits per heavy atom. The Labute approximate surface area is 158 Å². The van der Waals surface area contributed by atoms with Gasteiger partial charge in [-0.25, -0.2) is 4.68 Å². The molecule has 5 rings (SSSR count). The molecular weight excluding hydrogens is 342 g/mol. The largest absolute Gasteiger partial charge is 0.377 e. The van der Waals surface area contributed by atoms with Crippen molar-refractivity contribution in [1.82, 2.24) is 20.0 Å². The van der Waals surface area contributed by atoms with E-state index in [2.05, 4.69) is 21.6 Å². The van der Waals surface area contributed by atoms with Crippen LogP contribution >= 0.6 is 0 Å². The molecule has 0 amide bonds. The molecule has 0 radical (unpaired) electrons. The first-order chi connectivity index (χ1) is 13.3. The van der Waals surface area contributed by atoms with Crippen molar-refractivity contribution in [2.45, 2.75) is 63.5 Å². The predicted octanol–water partition coefficient (Wildman–Crippen LogP) is 1.84. The van der Waals surface area contributed by atoms with Crippen molar-refractivity contribution in [3.05, 3.63) is 45.0 Å². The molecule has 1 aliphatic heterocycles. The summed E-state index contributed by atoms with van der Waals surface area (Å²) in [7, 11) is 0. The monoisotopic (exact) mass is 367 g/mol. The van der Waals surface area contributed by atoms with Gasteiger partial charge in [-0.15, -0.1) is 5.10 Å². The molecular formula is C20H25N5O2. The van der Waals surface area contributed by atoms with Crippen molar-refractivity contribution in [2.75, 3.05) is 18.5 Å². The van der Waals surface area contributed by atoms with Crippen LogP contribution in [0.3, 0.4) is 0 Å². The van der Waals surface area contributed by atoms with E-state index in [4.69, 9.17) is 9.84 Å². The molecule has 3 aliphatic rings. The number of nitrogens with one attached hydrogen (secondary N) is 1. The van der Waals surface area contributed by atoms with Gasteiger partial charge < -0.3 is 10.1 Å². The van der Waals surface area contributed by atoms with Crippen LogP contribution < -0.4 is 10.9 Å².